The van der Waals surface area contributed by atoms with Gasteiger partial charge in [0.1, 0.15) is 11.6 Å². The average molecular weight is 798 g/mol. The Kier molecular flexibility index (Phi) is 10.7. The molecule has 0 saturated heterocycles. The SMILES string of the molecule is CC(C)c1cccc(C(C)C)c1-n1c(-c2cccc(N(c3ccccc3)c3cccc(-c4nc5ccccc5n4-c4c(C(C)C)cccc4C(C)C)c3)c2)nc2ccccc21. The van der Waals surface area contributed by atoms with Crippen LogP contribution in [0.15, 0.2) is 164 Å². The lowest BCUT2D eigenvalue weighted by Gasteiger charge is -2.27. The highest BCUT2D eigenvalue weighted by Gasteiger charge is 2.25. The fourth-order valence-corrected chi connectivity index (χ4v) is 9.02. The van der Waals surface area contributed by atoms with Crippen LogP contribution in [0.3, 0.4) is 0 Å². The molecule has 5 nitrogen and oxygen atoms in total. The number of nitrogens with zero attached hydrogens (tertiary/aromatic N) is 5. The van der Waals surface area contributed by atoms with Crippen molar-refractivity contribution < 1.29 is 0 Å². The summed E-state index contributed by atoms with van der Waals surface area (Å²) in [6.45, 7) is 18.3. The van der Waals surface area contributed by atoms with Crippen LogP contribution >= 0.6 is 0 Å². The van der Waals surface area contributed by atoms with Gasteiger partial charge in [0.15, 0.2) is 0 Å². The molecule has 0 N–H and O–H groups in total. The third kappa shape index (κ3) is 7.22. The number of hydrogen-bond donors (Lipinski definition) is 0. The van der Waals surface area contributed by atoms with Gasteiger partial charge in [0.25, 0.3) is 0 Å². The highest BCUT2D eigenvalue weighted by molar-refractivity contribution is 5.88. The molecule has 0 aliphatic carbocycles. The van der Waals surface area contributed by atoms with Crippen molar-refractivity contribution in [3.63, 3.8) is 0 Å². The molecule has 0 aliphatic heterocycles. The van der Waals surface area contributed by atoms with Gasteiger partial charge in [-0.1, -0.05) is 159 Å². The van der Waals surface area contributed by atoms with Gasteiger partial charge in [0.05, 0.1) is 33.4 Å². The Balaban J connectivity index is 1.25. The maximum atomic E-state index is 5.39. The van der Waals surface area contributed by atoms with Crippen molar-refractivity contribution in [2.24, 2.45) is 0 Å². The summed E-state index contributed by atoms with van der Waals surface area (Å²) in [4.78, 5) is 13.1. The normalized spacial score (nSPS) is 11.9. The fraction of sp³-hybridized carbons (Fsp3) is 0.214. The average Bonchev–Trinajstić information content (AvgIpc) is 3.86. The summed E-state index contributed by atoms with van der Waals surface area (Å²) in [6.07, 6.45) is 0. The number of fused-ring (bicyclic) bond motifs is 2. The topological polar surface area (TPSA) is 38.9 Å². The van der Waals surface area contributed by atoms with E-state index < -0.39 is 0 Å². The van der Waals surface area contributed by atoms with Gasteiger partial charge in [-0.25, -0.2) is 9.97 Å². The van der Waals surface area contributed by atoms with Crippen LogP contribution in [-0.4, -0.2) is 19.1 Å². The molecule has 61 heavy (non-hydrogen) atoms. The standard InChI is InChI=1S/C56H55N5/c1-36(2)45-26-18-27-46(37(3)4)53(45)60-51-32-14-12-30-49(51)57-55(60)40-20-16-24-43(34-40)59(42-22-10-9-11-23-42)44-25-17-21-41(35-44)56-58-50-31-13-15-33-52(50)61(56)54-47(38(5)6)28-19-29-48(54)39(7)8/h9-39H,1-8H3. The number of benzene rings is 7. The first-order chi connectivity index (χ1) is 29.6. The molecule has 9 rings (SSSR count). The smallest absolute Gasteiger partial charge is 0.145 e. The Labute approximate surface area is 361 Å². The van der Waals surface area contributed by atoms with Gasteiger partial charge in [0.2, 0.25) is 0 Å². The van der Waals surface area contributed by atoms with E-state index in [1.807, 2.05) is 0 Å². The molecule has 0 aliphatic rings. The number of anilines is 3. The first-order valence-electron chi connectivity index (χ1n) is 21.9. The molecule has 5 heteroatoms. The Hall–Kier alpha value is -6.72. The van der Waals surface area contributed by atoms with Crippen molar-refractivity contribution in [2.45, 2.75) is 79.1 Å². The highest BCUT2D eigenvalue weighted by Crippen LogP contribution is 2.42. The Bertz CT molecular complexity index is 2760. The minimum atomic E-state index is 0.332. The molecule has 0 atom stereocenters. The van der Waals surface area contributed by atoms with Gasteiger partial charge in [-0.2, -0.15) is 0 Å². The van der Waals surface area contributed by atoms with Crippen molar-refractivity contribution >= 4 is 39.1 Å². The van der Waals surface area contributed by atoms with Crippen molar-refractivity contribution in [3.8, 4) is 34.2 Å². The van der Waals surface area contributed by atoms with Crippen molar-refractivity contribution in [3.05, 3.63) is 186 Å². The molecule has 304 valence electrons. The molecule has 0 saturated carbocycles. The van der Waals surface area contributed by atoms with E-state index in [0.717, 1.165) is 61.9 Å². The first kappa shape index (κ1) is 39.7. The van der Waals surface area contributed by atoms with E-state index in [0.29, 0.717) is 23.7 Å². The molecular weight excluding hydrogens is 743 g/mol. The quantitative estimate of drug-likeness (QED) is 0.131. The monoisotopic (exact) mass is 797 g/mol. The van der Waals surface area contributed by atoms with Crippen LogP contribution in [0.5, 0.6) is 0 Å². The first-order valence-corrected chi connectivity index (χ1v) is 21.9. The number of aromatic nitrogens is 4. The van der Waals surface area contributed by atoms with E-state index in [4.69, 9.17) is 9.97 Å². The second-order valence-electron chi connectivity index (χ2n) is 17.5. The Morgan fingerprint density at radius 2 is 0.705 bits per heavy atom. The molecule has 0 amide bonds. The lowest BCUT2D eigenvalue weighted by atomic mass is 9.92. The van der Waals surface area contributed by atoms with Crippen LogP contribution in [-0.2, 0) is 0 Å². The van der Waals surface area contributed by atoms with Gasteiger partial charge in [0, 0.05) is 28.2 Å². The molecule has 2 aromatic heterocycles. The minimum Gasteiger partial charge on any atom is -0.310 e. The summed E-state index contributed by atoms with van der Waals surface area (Å²) in [7, 11) is 0. The van der Waals surface area contributed by atoms with Gasteiger partial charge >= 0.3 is 0 Å². The summed E-state index contributed by atoms with van der Waals surface area (Å²) in [6, 6.07) is 59.1. The molecule has 9 aromatic rings. The zero-order chi connectivity index (χ0) is 42.4. The minimum absolute atomic E-state index is 0.332. The van der Waals surface area contributed by atoms with E-state index in [1.54, 1.807) is 0 Å². The Morgan fingerprint density at radius 3 is 1.10 bits per heavy atom. The second-order valence-corrected chi connectivity index (χ2v) is 17.5. The summed E-state index contributed by atoms with van der Waals surface area (Å²) in [5.41, 5.74) is 17.1. The molecule has 0 unspecified atom stereocenters. The predicted molar refractivity (Wildman–Crippen MR) is 258 cm³/mol. The predicted octanol–water partition coefficient (Wildman–Crippen LogP) is 15.7. The van der Waals surface area contributed by atoms with Crippen LogP contribution in [0.2, 0.25) is 0 Å². The van der Waals surface area contributed by atoms with E-state index in [1.165, 1.54) is 33.6 Å². The van der Waals surface area contributed by atoms with E-state index >= 15 is 0 Å². The van der Waals surface area contributed by atoms with Crippen LogP contribution in [0.25, 0.3) is 56.2 Å². The Morgan fingerprint density at radius 1 is 0.361 bits per heavy atom. The number of rotatable bonds is 11. The molecular formula is C56H55N5. The third-order valence-corrected chi connectivity index (χ3v) is 12.0. The molecule has 0 bridgehead atoms. The maximum Gasteiger partial charge on any atom is 0.145 e. The fourth-order valence-electron chi connectivity index (χ4n) is 9.02. The second kappa shape index (κ2) is 16.4. The molecule has 0 fully saturated rings. The van der Waals surface area contributed by atoms with E-state index in [-0.39, 0.29) is 0 Å². The lowest BCUT2D eigenvalue weighted by Crippen LogP contribution is -2.11. The molecule has 0 spiro atoms. The van der Waals surface area contributed by atoms with Crippen molar-refractivity contribution in [1.29, 1.82) is 0 Å². The third-order valence-electron chi connectivity index (χ3n) is 12.0. The van der Waals surface area contributed by atoms with E-state index in [2.05, 4.69) is 233 Å². The van der Waals surface area contributed by atoms with Crippen molar-refractivity contribution in [1.82, 2.24) is 19.1 Å². The number of imidazole rings is 2. The summed E-state index contributed by atoms with van der Waals surface area (Å²) in [5, 5.41) is 0. The van der Waals surface area contributed by atoms with Gasteiger partial charge in [-0.3, -0.25) is 9.13 Å². The van der Waals surface area contributed by atoms with E-state index in [9.17, 15) is 0 Å². The van der Waals surface area contributed by atoms with Gasteiger partial charge in [-0.15, -0.1) is 0 Å². The summed E-state index contributed by atoms with van der Waals surface area (Å²) < 4.78 is 4.83. The lowest BCUT2D eigenvalue weighted by molar-refractivity contribution is 0.811. The molecule has 2 heterocycles. The zero-order valence-electron chi connectivity index (χ0n) is 36.6. The van der Waals surface area contributed by atoms with Gasteiger partial charge < -0.3 is 4.90 Å². The van der Waals surface area contributed by atoms with Crippen LogP contribution < -0.4 is 4.90 Å². The zero-order valence-corrected chi connectivity index (χ0v) is 36.6. The number of hydrogen-bond acceptors (Lipinski definition) is 3. The maximum absolute atomic E-state index is 5.39. The summed E-state index contributed by atoms with van der Waals surface area (Å²) >= 11 is 0. The van der Waals surface area contributed by atoms with Crippen LogP contribution in [0, 0.1) is 0 Å². The van der Waals surface area contributed by atoms with Crippen LogP contribution in [0.4, 0.5) is 17.1 Å². The molecule has 7 aromatic carbocycles. The highest BCUT2D eigenvalue weighted by atomic mass is 15.1. The molecule has 0 radical (unpaired) electrons. The number of para-hydroxylation sites is 7. The van der Waals surface area contributed by atoms with Gasteiger partial charge in [-0.05, 0) is 107 Å². The van der Waals surface area contributed by atoms with Crippen molar-refractivity contribution in [2.75, 3.05) is 4.90 Å². The largest absolute Gasteiger partial charge is 0.310 e. The summed E-state index contributed by atoms with van der Waals surface area (Å²) in [5.74, 6) is 3.19. The van der Waals surface area contributed by atoms with Crippen LogP contribution in [0.1, 0.15) is 101 Å².